The van der Waals surface area contributed by atoms with Gasteiger partial charge in [-0.25, -0.2) is 19.3 Å². The van der Waals surface area contributed by atoms with Crippen LogP contribution in [0.3, 0.4) is 0 Å². The minimum absolute atomic E-state index is 0.154. The Hall–Kier alpha value is -3.35. The van der Waals surface area contributed by atoms with Crippen molar-refractivity contribution < 1.29 is 4.74 Å². The zero-order chi connectivity index (χ0) is 27.9. The number of nitrogens with zero attached hydrogens (tertiary/aromatic N) is 8. The second-order valence-corrected chi connectivity index (χ2v) is 18.1. The fourth-order valence-electron chi connectivity index (χ4n) is 4.53. The van der Waals surface area contributed by atoms with Crippen LogP contribution >= 0.6 is 11.3 Å². The van der Waals surface area contributed by atoms with Crippen LogP contribution in [0.1, 0.15) is 22.0 Å². The van der Waals surface area contributed by atoms with Crippen molar-refractivity contribution in [3.05, 3.63) is 62.9 Å². The third-order valence-corrected chi connectivity index (χ3v) is 9.46. The van der Waals surface area contributed by atoms with Gasteiger partial charge in [0.2, 0.25) is 0 Å². The van der Waals surface area contributed by atoms with Gasteiger partial charge in [0.05, 0.1) is 23.1 Å². The van der Waals surface area contributed by atoms with E-state index in [4.69, 9.17) is 14.7 Å². The summed E-state index contributed by atoms with van der Waals surface area (Å²) in [5.74, 6) is 0.961. The molecule has 0 saturated carbocycles. The lowest BCUT2D eigenvalue weighted by Gasteiger charge is -2.15. The Morgan fingerprint density at radius 2 is 1.90 bits per heavy atom. The Morgan fingerprint density at radius 1 is 1.10 bits per heavy atom. The van der Waals surface area contributed by atoms with E-state index in [9.17, 15) is 4.79 Å². The van der Waals surface area contributed by atoms with Crippen LogP contribution in [0.15, 0.2) is 35.4 Å². The van der Waals surface area contributed by atoms with Crippen LogP contribution in [0.5, 0.6) is 0 Å². The molecular weight excluding hydrogens is 529 g/mol. The van der Waals surface area contributed by atoms with E-state index in [0.29, 0.717) is 25.2 Å². The molecule has 0 amide bonds. The van der Waals surface area contributed by atoms with Gasteiger partial charge in [-0.3, -0.25) is 4.79 Å². The zero-order valence-corrected chi connectivity index (χ0v) is 25.5. The molecule has 206 valence electrons. The van der Waals surface area contributed by atoms with Crippen molar-refractivity contribution in [3.63, 3.8) is 0 Å². The minimum Gasteiger partial charge on any atom is -0.363 e. The Kier molecular flexibility index (Phi) is 7.44. The van der Waals surface area contributed by atoms with Gasteiger partial charge < -0.3 is 14.2 Å². The van der Waals surface area contributed by atoms with Crippen molar-refractivity contribution >= 4 is 46.5 Å². The van der Waals surface area contributed by atoms with E-state index in [-0.39, 0.29) is 5.56 Å². The Labute approximate surface area is 232 Å². The van der Waals surface area contributed by atoms with Crippen molar-refractivity contribution in [2.75, 3.05) is 25.6 Å². The van der Waals surface area contributed by atoms with E-state index < -0.39 is 8.07 Å². The monoisotopic (exact) mass is 564 g/mol. The summed E-state index contributed by atoms with van der Waals surface area (Å²) in [4.78, 5) is 25.1. The summed E-state index contributed by atoms with van der Waals surface area (Å²) in [5, 5.41) is 10.8. The Morgan fingerprint density at radius 3 is 2.64 bits per heavy atom. The SMILES string of the molecule is Cc1ccc(Cc2nc3c(s2)c2cnn(Cc4ccn(COCC[Si](C)(C)C)n4)c(=O)c2n3C)nc1N(C)C. The van der Waals surface area contributed by atoms with Crippen molar-refractivity contribution in [2.24, 2.45) is 7.05 Å². The fraction of sp³-hybridized carbons (Fsp3) is 0.444. The smallest absolute Gasteiger partial charge is 0.291 e. The number of fused-ring (bicyclic) bond motifs is 3. The van der Waals surface area contributed by atoms with Crippen molar-refractivity contribution in [1.29, 1.82) is 0 Å². The molecule has 0 aromatic carbocycles. The van der Waals surface area contributed by atoms with E-state index in [1.54, 1.807) is 22.2 Å². The molecule has 5 aromatic heterocycles. The predicted octanol–water partition coefficient (Wildman–Crippen LogP) is 4.26. The molecule has 0 unspecified atom stereocenters. The normalized spacial score (nSPS) is 12.2. The maximum Gasteiger partial charge on any atom is 0.291 e. The van der Waals surface area contributed by atoms with Crippen LogP contribution in [0.4, 0.5) is 5.82 Å². The quantitative estimate of drug-likeness (QED) is 0.185. The molecule has 0 spiro atoms. The molecule has 0 aliphatic heterocycles. The summed E-state index contributed by atoms with van der Waals surface area (Å²) in [7, 11) is 4.77. The molecule has 0 saturated heterocycles. The molecule has 0 radical (unpaired) electrons. The van der Waals surface area contributed by atoms with Gasteiger partial charge >= 0.3 is 0 Å². The maximum atomic E-state index is 13.4. The summed E-state index contributed by atoms with van der Waals surface area (Å²) in [6.07, 6.45) is 4.28. The largest absolute Gasteiger partial charge is 0.363 e. The van der Waals surface area contributed by atoms with Gasteiger partial charge in [0.15, 0.2) is 5.65 Å². The third kappa shape index (κ3) is 5.82. The number of aryl methyl sites for hydroxylation is 2. The van der Waals surface area contributed by atoms with Gasteiger partial charge in [0, 0.05) is 59.5 Å². The fourth-order valence-corrected chi connectivity index (χ4v) is 6.41. The first kappa shape index (κ1) is 27.2. The molecule has 5 heterocycles. The first-order chi connectivity index (χ1) is 18.5. The lowest BCUT2D eigenvalue weighted by Crippen LogP contribution is -2.25. The molecule has 0 bridgehead atoms. The predicted molar refractivity (Wildman–Crippen MR) is 160 cm³/mol. The van der Waals surface area contributed by atoms with Crippen LogP contribution in [0.2, 0.25) is 25.7 Å². The molecule has 10 nitrogen and oxygen atoms in total. The second kappa shape index (κ2) is 10.7. The Bertz CT molecular complexity index is 1690. The van der Waals surface area contributed by atoms with Crippen LogP contribution in [0.25, 0.3) is 21.3 Å². The van der Waals surface area contributed by atoms with Gasteiger partial charge in [-0.2, -0.15) is 10.2 Å². The van der Waals surface area contributed by atoms with Gasteiger partial charge in [0.1, 0.15) is 23.1 Å². The van der Waals surface area contributed by atoms with Crippen LogP contribution in [-0.2, 0) is 31.5 Å². The van der Waals surface area contributed by atoms with Gasteiger partial charge in [-0.1, -0.05) is 25.7 Å². The second-order valence-electron chi connectivity index (χ2n) is 11.4. The summed E-state index contributed by atoms with van der Waals surface area (Å²) >= 11 is 1.59. The highest BCUT2D eigenvalue weighted by Crippen LogP contribution is 2.32. The highest BCUT2D eigenvalue weighted by molar-refractivity contribution is 7.19. The van der Waals surface area contributed by atoms with E-state index in [2.05, 4.69) is 42.8 Å². The molecule has 39 heavy (non-hydrogen) atoms. The minimum atomic E-state index is -1.12. The molecule has 0 N–H and O–H groups in total. The molecule has 0 aliphatic carbocycles. The summed E-state index contributed by atoms with van der Waals surface area (Å²) < 4.78 is 11.9. The van der Waals surface area contributed by atoms with Crippen LogP contribution < -0.4 is 10.5 Å². The number of anilines is 1. The van der Waals surface area contributed by atoms with Gasteiger partial charge in [0.25, 0.3) is 5.56 Å². The van der Waals surface area contributed by atoms with Crippen LogP contribution in [0, 0.1) is 6.92 Å². The number of hydrogen-bond acceptors (Lipinski definition) is 8. The van der Waals surface area contributed by atoms with Crippen molar-refractivity contribution in [2.45, 2.75) is 52.3 Å². The molecule has 0 atom stereocenters. The topological polar surface area (TPSA) is 95.9 Å². The summed E-state index contributed by atoms with van der Waals surface area (Å²) in [6, 6.07) is 7.16. The molecule has 5 aromatic rings. The zero-order valence-electron chi connectivity index (χ0n) is 23.7. The van der Waals surface area contributed by atoms with Crippen LogP contribution in [-0.4, -0.2) is 62.9 Å². The number of pyridine rings is 1. The molecule has 0 aliphatic rings. The summed E-state index contributed by atoms with van der Waals surface area (Å²) in [5.41, 5.74) is 4.10. The number of hydrogen-bond donors (Lipinski definition) is 0. The molecule has 0 fully saturated rings. The van der Waals surface area contributed by atoms with E-state index in [0.717, 1.165) is 56.2 Å². The van der Waals surface area contributed by atoms with E-state index in [1.165, 1.54) is 4.68 Å². The first-order valence-corrected chi connectivity index (χ1v) is 17.6. The van der Waals surface area contributed by atoms with E-state index >= 15 is 0 Å². The number of rotatable bonds is 10. The number of aromatic nitrogens is 7. The lowest BCUT2D eigenvalue weighted by molar-refractivity contribution is 0.0782. The third-order valence-electron chi connectivity index (χ3n) is 6.68. The number of thiazole rings is 1. The Balaban J connectivity index is 1.34. The molecule has 5 rings (SSSR count). The average molecular weight is 565 g/mol. The van der Waals surface area contributed by atoms with Crippen molar-refractivity contribution in [1.82, 2.24) is 34.1 Å². The maximum absolute atomic E-state index is 13.4. The van der Waals surface area contributed by atoms with E-state index in [1.807, 2.05) is 48.9 Å². The average Bonchev–Trinajstić information content (AvgIpc) is 3.55. The highest BCUT2D eigenvalue weighted by atomic mass is 32.1. The first-order valence-electron chi connectivity index (χ1n) is 13.1. The van der Waals surface area contributed by atoms with Crippen molar-refractivity contribution in [3.8, 4) is 0 Å². The molecular formula is C27H36N8O2SSi. The van der Waals surface area contributed by atoms with Gasteiger partial charge in [-0.05, 0) is 30.7 Å². The standard InChI is InChI=1S/C27H36N8O2SSi/c1-18-8-9-19(29-25(18)32(2)3)14-22-30-26-24(38-22)21-15-28-35(27(36)23(21)33(26)4)16-20-10-11-34(31-20)17-37-12-13-39(5,6)7/h8-11,15H,12-14,16-17H2,1-7H3. The lowest BCUT2D eigenvalue weighted by atomic mass is 10.2. The van der Waals surface area contributed by atoms with Gasteiger partial charge in [-0.15, -0.1) is 11.3 Å². The summed E-state index contributed by atoms with van der Waals surface area (Å²) in [6.45, 7) is 10.5. The number of ether oxygens (including phenoxy) is 1. The highest BCUT2D eigenvalue weighted by Gasteiger charge is 2.19. The molecule has 12 heteroatoms.